The Morgan fingerprint density at radius 1 is 1.43 bits per heavy atom. The maximum Gasteiger partial charge on any atom is 0.328 e. The van der Waals surface area contributed by atoms with Crippen molar-refractivity contribution in [2.24, 2.45) is 22.7 Å². The van der Waals surface area contributed by atoms with Crippen molar-refractivity contribution in [3.8, 4) is 0 Å². The molecule has 23 heavy (non-hydrogen) atoms. The van der Waals surface area contributed by atoms with Gasteiger partial charge in [0, 0.05) is 12.7 Å². The SMILES string of the molecule is CC1=CCC[C@@H]2[C@@](CO)(CC/C(C)=C/C(=O)O)[C@@H](C)CC[C@@]12C. The van der Waals surface area contributed by atoms with Crippen molar-refractivity contribution in [3.05, 3.63) is 23.3 Å². The van der Waals surface area contributed by atoms with Crippen molar-refractivity contribution in [2.45, 2.75) is 66.2 Å². The Kier molecular flexibility index (Phi) is 5.40. The van der Waals surface area contributed by atoms with Crippen LogP contribution >= 0.6 is 0 Å². The molecular weight excluding hydrogens is 288 g/mol. The van der Waals surface area contributed by atoms with E-state index in [2.05, 4.69) is 26.8 Å². The van der Waals surface area contributed by atoms with Crippen LogP contribution in [0.25, 0.3) is 0 Å². The largest absolute Gasteiger partial charge is 0.478 e. The summed E-state index contributed by atoms with van der Waals surface area (Å²) in [6, 6.07) is 0. The molecule has 2 aliphatic rings. The summed E-state index contributed by atoms with van der Waals surface area (Å²) < 4.78 is 0. The van der Waals surface area contributed by atoms with Gasteiger partial charge in [-0.05, 0) is 75.0 Å². The standard InChI is InChI=1S/C20H32O3/c1-14(12-18(22)23)8-11-20(13-21)16(3)9-10-19(4)15(2)6-5-7-17(19)20/h6,12,16-17,21H,5,7-11,13H2,1-4H3,(H,22,23)/b14-12+/t16-,17-,19-,20+/m0/s1. The minimum atomic E-state index is -0.876. The molecule has 2 aliphatic carbocycles. The molecule has 0 heterocycles. The maximum atomic E-state index is 10.9. The zero-order valence-electron chi connectivity index (χ0n) is 15.1. The van der Waals surface area contributed by atoms with Gasteiger partial charge in [0.05, 0.1) is 0 Å². The molecule has 0 radical (unpaired) electrons. The molecule has 0 aromatic heterocycles. The lowest BCUT2D eigenvalue weighted by molar-refractivity contribution is -0.131. The normalized spacial score (nSPS) is 38.0. The monoisotopic (exact) mass is 320 g/mol. The van der Waals surface area contributed by atoms with Crippen LogP contribution in [0.1, 0.15) is 66.2 Å². The summed E-state index contributed by atoms with van der Waals surface area (Å²) >= 11 is 0. The van der Waals surface area contributed by atoms with Crippen LogP contribution in [0.4, 0.5) is 0 Å². The van der Waals surface area contributed by atoms with Gasteiger partial charge in [-0.3, -0.25) is 0 Å². The first-order valence-electron chi connectivity index (χ1n) is 8.94. The quantitative estimate of drug-likeness (QED) is 0.576. The summed E-state index contributed by atoms with van der Waals surface area (Å²) in [5.74, 6) is 0.0963. The van der Waals surface area contributed by atoms with Gasteiger partial charge < -0.3 is 10.2 Å². The van der Waals surface area contributed by atoms with Gasteiger partial charge in [0.2, 0.25) is 0 Å². The van der Waals surface area contributed by atoms with Crippen molar-refractivity contribution in [2.75, 3.05) is 6.61 Å². The third-order valence-corrected chi connectivity index (χ3v) is 7.00. The minimum absolute atomic E-state index is 0.0872. The smallest absolute Gasteiger partial charge is 0.328 e. The Labute approximate surface area is 140 Å². The molecule has 3 heteroatoms. The highest BCUT2D eigenvalue weighted by Crippen LogP contribution is 2.61. The summed E-state index contributed by atoms with van der Waals surface area (Å²) in [5.41, 5.74) is 2.48. The van der Waals surface area contributed by atoms with E-state index in [0.29, 0.717) is 11.8 Å². The highest BCUT2D eigenvalue weighted by atomic mass is 16.4. The average molecular weight is 320 g/mol. The molecule has 0 amide bonds. The second-order valence-electron chi connectivity index (χ2n) is 8.09. The Balaban J connectivity index is 2.30. The second-order valence-corrected chi connectivity index (χ2v) is 8.09. The van der Waals surface area contributed by atoms with Crippen LogP contribution in [-0.4, -0.2) is 22.8 Å². The highest BCUT2D eigenvalue weighted by Gasteiger charge is 2.54. The van der Waals surface area contributed by atoms with Crippen LogP contribution in [0.5, 0.6) is 0 Å². The first-order chi connectivity index (χ1) is 10.8. The summed E-state index contributed by atoms with van der Waals surface area (Å²) in [5, 5.41) is 19.3. The predicted molar refractivity (Wildman–Crippen MR) is 93.1 cm³/mol. The van der Waals surface area contributed by atoms with Crippen molar-refractivity contribution >= 4 is 5.97 Å². The highest BCUT2D eigenvalue weighted by molar-refractivity contribution is 5.80. The van der Waals surface area contributed by atoms with E-state index in [1.807, 2.05) is 6.92 Å². The number of carboxylic acids is 1. The summed E-state index contributed by atoms with van der Waals surface area (Å²) in [7, 11) is 0. The van der Waals surface area contributed by atoms with Crippen LogP contribution in [0.15, 0.2) is 23.3 Å². The zero-order chi connectivity index (χ0) is 17.3. The molecule has 0 bridgehead atoms. The van der Waals surface area contributed by atoms with Crippen molar-refractivity contribution in [3.63, 3.8) is 0 Å². The molecule has 0 spiro atoms. The number of hydrogen-bond donors (Lipinski definition) is 2. The van der Waals surface area contributed by atoms with Gasteiger partial charge in [0.25, 0.3) is 0 Å². The second kappa shape index (κ2) is 6.80. The lowest BCUT2D eigenvalue weighted by atomic mass is 9.46. The van der Waals surface area contributed by atoms with Crippen molar-refractivity contribution in [1.29, 1.82) is 0 Å². The maximum absolute atomic E-state index is 10.9. The molecule has 130 valence electrons. The fraction of sp³-hybridized carbons (Fsp3) is 0.750. The van der Waals surface area contributed by atoms with Gasteiger partial charge in [-0.25, -0.2) is 4.79 Å². The van der Waals surface area contributed by atoms with Crippen LogP contribution in [0.3, 0.4) is 0 Å². The van der Waals surface area contributed by atoms with Gasteiger partial charge in [0.15, 0.2) is 0 Å². The summed E-state index contributed by atoms with van der Waals surface area (Å²) in [6.07, 6.45) is 9.91. The third kappa shape index (κ3) is 3.26. The first-order valence-corrected chi connectivity index (χ1v) is 8.94. The summed E-state index contributed by atoms with van der Waals surface area (Å²) in [6.45, 7) is 9.00. The molecule has 1 fully saturated rings. The van der Waals surface area contributed by atoms with E-state index in [0.717, 1.165) is 37.7 Å². The van der Waals surface area contributed by atoms with E-state index < -0.39 is 5.97 Å². The number of carbonyl (C=O) groups is 1. The van der Waals surface area contributed by atoms with Gasteiger partial charge in [-0.2, -0.15) is 0 Å². The number of aliphatic hydroxyl groups excluding tert-OH is 1. The van der Waals surface area contributed by atoms with Gasteiger partial charge in [-0.1, -0.05) is 31.1 Å². The Hall–Kier alpha value is -1.09. The molecule has 3 nitrogen and oxygen atoms in total. The van der Waals surface area contributed by atoms with E-state index in [-0.39, 0.29) is 17.4 Å². The predicted octanol–water partition coefficient (Wildman–Crippen LogP) is 4.57. The van der Waals surface area contributed by atoms with E-state index in [9.17, 15) is 9.90 Å². The molecule has 4 atom stereocenters. The minimum Gasteiger partial charge on any atom is -0.478 e. The molecule has 0 aromatic carbocycles. The van der Waals surface area contributed by atoms with Gasteiger partial charge in [0.1, 0.15) is 0 Å². The van der Waals surface area contributed by atoms with Crippen LogP contribution in [0.2, 0.25) is 0 Å². The molecule has 0 unspecified atom stereocenters. The molecule has 0 aromatic rings. The fourth-order valence-corrected chi connectivity index (χ4v) is 5.21. The lowest BCUT2D eigenvalue weighted by Gasteiger charge is -2.58. The molecule has 0 saturated heterocycles. The number of rotatable bonds is 5. The number of aliphatic hydroxyl groups is 1. The molecule has 0 aliphatic heterocycles. The first kappa shape index (κ1) is 18.3. The van der Waals surface area contributed by atoms with E-state index in [4.69, 9.17) is 5.11 Å². The fourth-order valence-electron chi connectivity index (χ4n) is 5.21. The average Bonchev–Trinajstić information content (AvgIpc) is 2.48. The molecule has 2 N–H and O–H groups in total. The van der Waals surface area contributed by atoms with Crippen molar-refractivity contribution < 1.29 is 15.0 Å². The van der Waals surface area contributed by atoms with E-state index in [1.165, 1.54) is 18.1 Å². The molecular formula is C20H32O3. The Bertz CT molecular complexity index is 519. The zero-order valence-corrected chi connectivity index (χ0v) is 15.1. The third-order valence-electron chi connectivity index (χ3n) is 7.00. The Morgan fingerprint density at radius 2 is 2.13 bits per heavy atom. The van der Waals surface area contributed by atoms with E-state index in [1.54, 1.807) is 0 Å². The topological polar surface area (TPSA) is 57.5 Å². The number of aliphatic carboxylic acids is 1. The number of fused-ring (bicyclic) bond motifs is 1. The van der Waals surface area contributed by atoms with Crippen LogP contribution < -0.4 is 0 Å². The van der Waals surface area contributed by atoms with Gasteiger partial charge in [-0.15, -0.1) is 0 Å². The van der Waals surface area contributed by atoms with E-state index >= 15 is 0 Å². The van der Waals surface area contributed by atoms with Crippen molar-refractivity contribution in [1.82, 2.24) is 0 Å². The Morgan fingerprint density at radius 3 is 2.74 bits per heavy atom. The number of hydrogen-bond acceptors (Lipinski definition) is 2. The number of carboxylic acid groups (broad SMARTS) is 1. The lowest BCUT2D eigenvalue weighted by Crippen LogP contribution is -2.53. The molecule has 1 saturated carbocycles. The van der Waals surface area contributed by atoms with Crippen LogP contribution in [0, 0.1) is 22.7 Å². The van der Waals surface area contributed by atoms with Gasteiger partial charge >= 0.3 is 5.97 Å². The molecule has 2 rings (SSSR count). The van der Waals surface area contributed by atoms with Crippen LogP contribution in [-0.2, 0) is 4.79 Å². The number of allylic oxidation sites excluding steroid dienone is 3. The summed E-state index contributed by atoms with van der Waals surface area (Å²) in [4.78, 5) is 10.9.